The zero-order valence-corrected chi connectivity index (χ0v) is 18.2. The zero-order chi connectivity index (χ0) is 21.8. The van der Waals surface area contributed by atoms with Crippen LogP contribution in [0.25, 0.3) is 11.1 Å². The minimum atomic E-state index is -0.426. The lowest BCUT2D eigenvalue weighted by Crippen LogP contribution is -2.30. The molecule has 30 heavy (non-hydrogen) atoms. The summed E-state index contributed by atoms with van der Waals surface area (Å²) in [5.74, 6) is 0.799. The normalized spacial score (nSPS) is 10.8. The number of ether oxygens (including phenoxy) is 2. The number of aryl methyl sites for hydroxylation is 4. The number of benzene rings is 2. The zero-order valence-electron chi connectivity index (χ0n) is 18.2. The van der Waals surface area contributed by atoms with Gasteiger partial charge in [-0.05, 0) is 54.2 Å². The van der Waals surface area contributed by atoms with Crippen molar-refractivity contribution in [3.8, 4) is 22.6 Å². The lowest BCUT2D eigenvalue weighted by Gasteiger charge is -2.18. The maximum atomic E-state index is 13.2. The van der Waals surface area contributed by atoms with Crippen LogP contribution in [0.3, 0.4) is 0 Å². The highest BCUT2D eigenvalue weighted by atomic mass is 16.5. The van der Waals surface area contributed by atoms with E-state index in [-0.39, 0.29) is 17.9 Å². The summed E-state index contributed by atoms with van der Waals surface area (Å²) in [4.78, 5) is 26.0. The molecule has 1 N–H and O–H groups in total. The standard InChI is InChI=1S/C24H28N2O4/c1-6-17-12-15(3)13-18(7-2)20(17)21-22(23(27)25-26(4)24(21)28)30-14-16-8-10-19(29-5)11-9-16/h8-13H,6-7,14H2,1-5H3,(H,25,27). The van der Waals surface area contributed by atoms with Gasteiger partial charge in [0.05, 0.1) is 12.7 Å². The third kappa shape index (κ3) is 4.17. The second-order valence-electron chi connectivity index (χ2n) is 7.31. The molecule has 0 bridgehead atoms. The Morgan fingerprint density at radius 1 is 0.967 bits per heavy atom. The van der Waals surface area contributed by atoms with Gasteiger partial charge in [-0.25, -0.2) is 0 Å². The molecular weight excluding hydrogens is 380 g/mol. The smallest absolute Gasteiger partial charge is 0.305 e. The van der Waals surface area contributed by atoms with Crippen molar-refractivity contribution < 1.29 is 9.47 Å². The van der Waals surface area contributed by atoms with E-state index in [9.17, 15) is 9.59 Å². The maximum Gasteiger partial charge on any atom is 0.305 e. The first kappa shape index (κ1) is 21.4. The summed E-state index contributed by atoms with van der Waals surface area (Å²) < 4.78 is 12.3. The number of aromatic nitrogens is 2. The first-order valence-electron chi connectivity index (χ1n) is 10.1. The van der Waals surface area contributed by atoms with E-state index in [1.807, 2.05) is 45.0 Å². The van der Waals surface area contributed by atoms with Gasteiger partial charge in [-0.2, -0.15) is 0 Å². The number of hydrogen-bond acceptors (Lipinski definition) is 4. The fraction of sp³-hybridized carbons (Fsp3) is 0.333. The predicted octanol–water partition coefficient (Wildman–Crippen LogP) is 3.76. The SMILES string of the molecule is CCc1cc(C)cc(CC)c1-c1c(OCc2ccc(OC)cc2)c(=O)[nH]n(C)c1=O. The van der Waals surface area contributed by atoms with Crippen LogP contribution in [0.5, 0.6) is 11.5 Å². The van der Waals surface area contributed by atoms with Crippen LogP contribution in [0, 0.1) is 6.92 Å². The van der Waals surface area contributed by atoms with Crippen molar-refractivity contribution >= 4 is 0 Å². The van der Waals surface area contributed by atoms with Gasteiger partial charge in [-0.3, -0.25) is 19.4 Å². The van der Waals surface area contributed by atoms with Crippen LogP contribution in [0.1, 0.15) is 36.1 Å². The fourth-order valence-corrected chi connectivity index (χ4v) is 3.69. The first-order chi connectivity index (χ1) is 14.4. The Balaban J connectivity index is 2.16. The number of nitrogens with one attached hydrogen (secondary N) is 1. The monoisotopic (exact) mass is 408 g/mol. The van der Waals surface area contributed by atoms with Crippen molar-refractivity contribution in [3.05, 3.63) is 79.4 Å². The Hall–Kier alpha value is -3.28. The quantitative estimate of drug-likeness (QED) is 0.646. The summed E-state index contributed by atoms with van der Waals surface area (Å²) in [6, 6.07) is 11.5. The Kier molecular flexibility index (Phi) is 6.45. The molecule has 3 aromatic rings. The van der Waals surface area contributed by atoms with Gasteiger partial charge in [0.15, 0.2) is 5.75 Å². The molecule has 1 heterocycles. The summed E-state index contributed by atoms with van der Waals surface area (Å²) in [6.45, 7) is 6.31. The highest BCUT2D eigenvalue weighted by molar-refractivity contribution is 5.76. The summed E-state index contributed by atoms with van der Waals surface area (Å²) in [6.07, 6.45) is 1.50. The van der Waals surface area contributed by atoms with Gasteiger partial charge in [-0.15, -0.1) is 0 Å². The van der Waals surface area contributed by atoms with Gasteiger partial charge in [0, 0.05) is 7.05 Å². The van der Waals surface area contributed by atoms with E-state index in [0.717, 1.165) is 46.4 Å². The maximum absolute atomic E-state index is 13.2. The molecular formula is C24H28N2O4. The molecule has 158 valence electrons. The molecule has 6 nitrogen and oxygen atoms in total. The van der Waals surface area contributed by atoms with E-state index in [0.29, 0.717) is 5.56 Å². The fourth-order valence-electron chi connectivity index (χ4n) is 3.69. The van der Waals surface area contributed by atoms with Crippen molar-refractivity contribution in [3.63, 3.8) is 0 Å². The number of H-pyrrole nitrogens is 1. The van der Waals surface area contributed by atoms with E-state index in [4.69, 9.17) is 9.47 Å². The largest absolute Gasteiger partial charge is 0.497 e. The molecule has 0 atom stereocenters. The lowest BCUT2D eigenvalue weighted by atomic mass is 9.90. The van der Waals surface area contributed by atoms with Crippen molar-refractivity contribution in [1.29, 1.82) is 0 Å². The molecule has 0 aliphatic heterocycles. The molecule has 0 amide bonds. The van der Waals surface area contributed by atoms with Gasteiger partial charge in [0.1, 0.15) is 12.4 Å². The number of nitrogens with zero attached hydrogens (tertiary/aromatic N) is 1. The van der Waals surface area contributed by atoms with Crippen LogP contribution in [-0.4, -0.2) is 16.9 Å². The summed E-state index contributed by atoms with van der Waals surface area (Å²) >= 11 is 0. The summed E-state index contributed by atoms with van der Waals surface area (Å²) in [5.41, 5.74) is 4.49. The van der Waals surface area contributed by atoms with Gasteiger partial charge in [0.2, 0.25) is 0 Å². The summed E-state index contributed by atoms with van der Waals surface area (Å²) in [5, 5.41) is 2.56. The van der Waals surface area contributed by atoms with Gasteiger partial charge in [-0.1, -0.05) is 43.7 Å². The molecule has 6 heteroatoms. The summed E-state index contributed by atoms with van der Waals surface area (Å²) in [7, 11) is 3.15. The average Bonchev–Trinajstić information content (AvgIpc) is 2.75. The van der Waals surface area contributed by atoms with Crippen LogP contribution in [0.15, 0.2) is 46.0 Å². The molecule has 2 aromatic carbocycles. The average molecular weight is 408 g/mol. The highest BCUT2D eigenvalue weighted by Crippen LogP contribution is 2.32. The van der Waals surface area contributed by atoms with Gasteiger partial charge >= 0.3 is 5.56 Å². The minimum absolute atomic E-state index is 0.0576. The molecule has 0 saturated heterocycles. The van der Waals surface area contributed by atoms with Gasteiger partial charge < -0.3 is 9.47 Å². The second-order valence-corrected chi connectivity index (χ2v) is 7.31. The van der Waals surface area contributed by atoms with E-state index in [1.165, 1.54) is 4.68 Å². The Labute approximate surface area is 176 Å². The van der Waals surface area contributed by atoms with Crippen molar-refractivity contribution in [2.24, 2.45) is 7.05 Å². The van der Waals surface area contributed by atoms with E-state index in [2.05, 4.69) is 17.2 Å². The molecule has 0 radical (unpaired) electrons. The third-order valence-corrected chi connectivity index (χ3v) is 5.22. The van der Waals surface area contributed by atoms with Crippen molar-refractivity contribution in [1.82, 2.24) is 9.78 Å². The van der Waals surface area contributed by atoms with Crippen molar-refractivity contribution in [2.45, 2.75) is 40.2 Å². The molecule has 0 spiro atoms. The number of methoxy groups -OCH3 is 1. The highest BCUT2D eigenvalue weighted by Gasteiger charge is 2.22. The third-order valence-electron chi connectivity index (χ3n) is 5.22. The Bertz CT molecular complexity index is 1130. The molecule has 0 aliphatic rings. The molecule has 0 fully saturated rings. The number of rotatable bonds is 7. The van der Waals surface area contributed by atoms with Crippen molar-refractivity contribution in [2.75, 3.05) is 7.11 Å². The van der Waals surface area contributed by atoms with Crippen LogP contribution in [0.4, 0.5) is 0 Å². The van der Waals surface area contributed by atoms with E-state index >= 15 is 0 Å². The number of hydrogen-bond donors (Lipinski definition) is 1. The Morgan fingerprint density at radius 3 is 2.10 bits per heavy atom. The van der Waals surface area contributed by atoms with E-state index < -0.39 is 5.56 Å². The van der Waals surface area contributed by atoms with Gasteiger partial charge in [0.25, 0.3) is 5.56 Å². The lowest BCUT2D eigenvalue weighted by molar-refractivity contribution is 0.300. The van der Waals surface area contributed by atoms with Crippen LogP contribution in [-0.2, 0) is 26.5 Å². The first-order valence-corrected chi connectivity index (χ1v) is 10.1. The molecule has 0 unspecified atom stereocenters. The number of aromatic amines is 1. The second kappa shape index (κ2) is 9.03. The Morgan fingerprint density at radius 2 is 1.57 bits per heavy atom. The molecule has 1 aromatic heterocycles. The molecule has 3 rings (SSSR count). The van der Waals surface area contributed by atoms with Crippen LogP contribution >= 0.6 is 0 Å². The van der Waals surface area contributed by atoms with E-state index in [1.54, 1.807) is 14.2 Å². The minimum Gasteiger partial charge on any atom is -0.497 e. The van der Waals surface area contributed by atoms with Crippen LogP contribution in [0.2, 0.25) is 0 Å². The molecule has 0 saturated carbocycles. The predicted molar refractivity (Wildman–Crippen MR) is 119 cm³/mol. The molecule has 0 aliphatic carbocycles. The topological polar surface area (TPSA) is 73.3 Å². The van der Waals surface area contributed by atoms with Crippen LogP contribution < -0.4 is 20.6 Å².